The summed E-state index contributed by atoms with van der Waals surface area (Å²) in [5.74, 6) is 0.664. The molecule has 3 heteroatoms. The number of piperidine rings is 1. The van der Waals surface area contributed by atoms with Crippen LogP contribution in [0.3, 0.4) is 0 Å². The summed E-state index contributed by atoms with van der Waals surface area (Å²) in [6.07, 6.45) is 6.94. The lowest BCUT2D eigenvalue weighted by atomic mass is 10.0. The lowest BCUT2D eigenvalue weighted by Gasteiger charge is -2.34. The first-order valence-corrected chi connectivity index (χ1v) is 8.69. The minimum Gasteiger partial charge on any atom is -0.372 e. The third kappa shape index (κ3) is 3.70. The number of amides is 1. The minimum atomic E-state index is 0.193. The third-order valence-electron chi connectivity index (χ3n) is 5.13. The Morgan fingerprint density at radius 2 is 1.95 bits per heavy atom. The van der Waals surface area contributed by atoms with Gasteiger partial charge in [-0.1, -0.05) is 37.1 Å². The summed E-state index contributed by atoms with van der Waals surface area (Å²) in [6, 6.07) is 8.36. The molecule has 120 valence electrons. The zero-order valence-electron chi connectivity index (χ0n) is 13.6. The van der Waals surface area contributed by atoms with Crippen molar-refractivity contribution in [1.82, 2.24) is 4.90 Å². The average Bonchev–Trinajstić information content (AvgIpc) is 3.08. The summed E-state index contributed by atoms with van der Waals surface area (Å²) < 4.78 is 6.10. The molecule has 2 aliphatic rings. The van der Waals surface area contributed by atoms with Crippen molar-refractivity contribution in [2.24, 2.45) is 5.92 Å². The van der Waals surface area contributed by atoms with E-state index in [4.69, 9.17) is 4.74 Å². The predicted octanol–water partition coefficient (Wildman–Crippen LogP) is 3.69. The normalized spacial score (nSPS) is 23.0. The lowest BCUT2D eigenvalue weighted by Crippen LogP contribution is -2.45. The van der Waals surface area contributed by atoms with Crippen LogP contribution in [0.1, 0.15) is 49.7 Å². The second kappa shape index (κ2) is 7.28. The standard InChI is InChI=1S/C19H27NO2/c1-15-7-2-3-10-17(15)14-22-18-11-6-12-20(13-18)19(21)16-8-4-5-9-16/h2-3,7,10,16,18H,4-6,8-9,11-14H2,1H3. The number of carbonyl (C=O) groups excluding carboxylic acids is 1. The fourth-order valence-electron chi connectivity index (χ4n) is 3.69. The van der Waals surface area contributed by atoms with Gasteiger partial charge in [0.15, 0.2) is 0 Å². The molecule has 1 aromatic rings. The SMILES string of the molecule is Cc1ccccc1COC1CCCN(C(=O)C2CCCC2)C1. The summed E-state index contributed by atoms with van der Waals surface area (Å²) >= 11 is 0. The zero-order chi connectivity index (χ0) is 15.4. The van der Waals surface area contributed by atoms with E-state index < -0.39 is 0 Å². The van der Waals surface area contributed by atoms with Crippen LogP contribution in [-0.4, -0.2) is 30.0 Å². The molecule has 22 heavy (non-hydrogen) atoms. The van der Waals surface area contributed by atoms with Gasteiger partial charge in [-0.05, 0) is 43.7 Å². The summed E-state index contributed by atoms with van der Waals surface area (Å²) in [6.45, 7) is 4.47. The molecule has 1 unspecified atom stereocenters. The Balaban J connectivity index is 1.52. The summed E-state index contributed by atoms with van der Waals surface area (Å²) in [5.41, 5.74) is 2.53. The van der Waals surface area contributed by atoms with Gasteiger partial charge < -0.3 is 9.64 Å². The van der Waals surface area contributed by atoms with Gasteiger partial charge in [-0.3, -0.25) is 4.79 Å². The molecule has 0 spiro atoms. The summed E-state index contributed by atoms with van der Waals surface area (Å²) in [7, 11) is 0. The van der Waals surface area contributed by atoms with Crippen LogP contribution in [0, 0.1) is 12.8 Å². The monoisotopic (exact) mass is 301 g/mol. The fourth-order valence-corrected chi connectivity index (χ4v) is 3.69. The molecule has 0 bridgehead atoms. The van der Waals surface area contributed by atoms with E-state index in [1.807, 2.05) is 0 Å². The highest BCUT2D eigenvalue weighted by Gasteiger charge is 2.30. The Hall–Kier alpha value is -1.35. The van der Waals surface area contributed by atoms with Crippen LogP contribution in [0.2, 0.25) is 0 Å². The molecule has 0 N–H and O–H groups in total. The van der Waals surface area contributed by atoms with Crippen molar-refractivity contribution in [2.45, 2.75) is 58.2 Å². The molecule has 0 aromatic heterocycles. The molecule has 1 heterocycles. The quantitative estimate of drug-likeness (QED) is 0.849. The van der Waals surface area contributed by atoms with Crippen LogP contribution in [0.4, 0.5) is 0 Å². The Kier molecular flexibility index (Phi) is 5.14. The van der Waals surface area contributed by atoms with Crippen molar-refractivity contribution in [2.75, 3.05) is 13.1 Å². The number of hydrogen-bond donors (Lipinski definition) is 0. The number of ether oxygens (including phenoxy) is 1. The van der Waals surface area contributed by atoms with Crippen LogP contribution in [0.15, 0.2) is 24.3 Å². The maximum atomic E-state index is 12.5. The topological polar surface area (TPSA) is 29.5 Å². The Morgan fingerprint density at radius 3 is 2.73 bits per heavy atom. The first-order valence-electron chi connectivity index (χ1n) is 8.69. The number of nitrogens with zero attached hydrogens (tertiary/aromatic N) is 1. The first kappa shape index (κ1) is 15.5. The lowest BCUT2D eigenvalue weighted by molar-refractivity contribution is -0.139. The van der Waals surface area contributed by atoms with E-state index in [1.165, 1.54) is 24.0 Å². The molecule has 2 fully saturated rings. The van der Waals surface area contributed by atoms with Crippen molar-refractivity contribution in [1.29, 1.82) is 0 Å². The maximum absolute atomic E-state index is 12.5. The van der Waals surface area contributed by atoms with Gasteiger partial charge in [0.2, 0.25) is 5.91 Å². The molecule has 1 aliphatic heterocycles. The van der Waals surface area contributed by atoms with Crippen molar-refractivity contribution in [3.05, 3.63) is 35.4 Å². The molecular weight excluding hydrogens is 274 g/mol. The molecule has 3 nitrogen and oxygen atoms in total. The van der Waals surface area contributed by atoms with E-state index in [1.54, 1.807) is 0 Å². The zero-order valence-corrected chi connectivity index (χ0v) is 13.6. The van der Waals surface area contributed by atoms with Crippen molar-refractivity contribution >= 4 is 5.91 Å². The van der Waals surface area contributed by atoms with Crippen molar-refractivity contribution in [3.8, 4) is 0 Å². The number of carbonyl (C=O) groups is 1. The number of aryl methyl sites for hydroxylation is 1. The first-order chi connectivity index (χ1) is 10.7. The van der Waals surface area contributed by atoms with E-state index in [0.29, 0.717) is 12.5 Å². The highest BCUT2D eigenvalue weighted by molar-refractivity contribution is 5.79. The molecule has 0 radical (unpaired) electrons. The van der Waals surface area contributed by atoms with E-state index in [-0.39, 0.29) is 12.0 Å². The van der Waals surface area contributed by atoms with E-state index in [2.05, 4.69) is 36.1 Å². The van der Waals surface area contributed by atoms with Gasteiger partial charge in [0.05, 0.1) is 12.7 Å². The van der Waals surface area contributed by atoms with Gasteiger partial charge in [-0.25, -0.2) is 0 Å². The summed E-state index contributed by atoms with van der Waals surface area (Å²) in [4.78, 5) is 14.6. The van der Waals surface area contributed by atoms with Gasteiger partial charge in [0.25, 0.3) is 0 Å². The van der Waals surface area contributed by atoms with E-state index in [9.17, 15) is 4.79 Å². The Bertz CT molecular complexity index is 508. The molecule has 1 saturated heterocycles. The number of benzene rings is 1. The fraction of sp³-hybridized carbons (Fsp3) is 0.632. The molecule has 3 rings (SSSR count). The molecule has 1 saturated carbocycles. The molecule has 1 amide bonds. The van der Waals surface area contributed by atoms with Crippen LogP contribution in [0.5, 0.6) is 0 Å². The molecule has 1 aromatic carbocycles. The van der Waals surface area contributed by atoms with Crippen LogP contribution >= 0.6 is 0 Å². The largest absolute Gasteiger partial charge is 0.372 e. The van der Waals surface area contributed by atoms with Gasteiger partial charge in [0, 0.05) is 19.0 Å². The predicted molar refractivity (Wildman–Crippen MR) is 87.5 cm³/mol. The van der Waals surface area contributed by atoms with Gasteiger partial charge in [-0.15, -0.1) is 0 Å². The van der Waals surface area contributed by atoms with Gasteiger partial charge in [-0.2, -0.15) is 0 Å². The van der Waals surface area contributed by atoms with Gasteiger partial charge >= 0.3 is 0 Å². The average molecular weight is 301 g/mol. The second-order valence-electron chi connectivity index (χ2n) is 6.77. The van der Waals surface area contributed by atoms with Crippen LogP contribution < -0.4 is 0 Å². The molecular formula is C19H27NO2. The minimum absolute atomic E-state index is 0.193. The van der Waals surface area contributed by atoms with Crippen LogP contribution in [0.25, 0.3) is 0 Å². The number of rotatable bonds is 4. The van der Waals surface area contributed by atoms with E-state index >= 15 is 0 Å². The number of hydrogen-bond acceptors (Lipinski definition) is 2. The second-order valence-corrected chi connectivity index (χ2v) is 6.77. The molecule has 1 atom stereocenters. The van der Waals surface area contributed by atoms with Crippen LogP contribution in [-0.2, 0) is 16.1 Å². The van der Waals surface area contributed by atoms with Gasteiger partial charge in [0.1, 0.15) is 0 Å². The number of likely N-dealkylation sites (tertiary alicyclic amines) is 1. The van der Waals surface area contributed by atoms with Crippen molar-refractivity contribution in [3.63, 3.8) is 0 Å². The maximum Gasteiger partial charge on any atom is 0.225 e. The highest BCUT2D eigenvalue weighted by atomic mass is 16.5. The Labute approximate surface area is 133 Å². The highest BCUT2D eigenvalue weighted by Crippen LogP contribution is 2.28. The smallest absolute Gasteiger partial charge is 0.225 e. The third-order valence-corrected chi connectivity index (χ3v) is 5.13. The Morgan fingerprint density at radius 1 is 1.18 bits per heavy atom. The molecule has 1 aliphatic carbocycles. The summed E-state index contributed by atoms with van der Waals surface area (Å²) in [5, 5.41) is 0. The van der Waals surface area contributed by atoms with E-state index in [0.717, 1.165) is 38.8 Å². The van der Waals surface area contributed by atoms with Crippen molar-refractivity contribution < 1.29 is 9.53 Å².